The summed E-state index contributed by atoms with van der Waals surface area (Å²) in [7, 11) is 1.63. The maximum absolute atomic E-state index is 9.67. The van der Waals surface area contributed by atoms with E-state index in [0.29, 0.717) is 22.9 Å². The van der Waals surface area contributed by atoms with Gasteiger partial charge in [-0.15, -0.1) is 0 Å². The smallest absolute Gasteiger partial charge is 0.227 e. The van der Waals surface area contributed by atoms with E-state index in [-0.39, 0.29) is 23.0 Å². The van der Waals surface area contributed by atoms with Crippen LogP contribution < -0.4 is 20.9 Å². The molecule has 0 fully saturated rings. The number of hydrogen-bond acceptors (Lipinski definition) is 6. The van der Waals surface area contributed by atoms with Crippen LogP contribution in [0.5, 0.6) is 17.4 Å². The van der Waals surface area contributed by atoms with E-state index in [1.807, 2.05) is 54.6 Å². The highest BCUT2D eigenvalue weighted by molar-refractivity contribution is 6.11. The summed E-state index contributed by atoms with van der Waals surface area (Å²) >= 11 is 0. The Morgan fingerprint density at radius 3 is 2.61 bits per heavy atom. The van der Waals surface area contributed by atoms with Gasteiger partial charge in [-0.2, -0.15) is 10.2 Å². The van der Waals surface area contributed by atoms with Crippen LogP contribution in [0, 0.1) is 11.3 Å². The van der Waals surface area contributed by atoms with Gasteiger partial charge in [0, 0.05) is 27.9 Å². The molecule has 0 saturated heterocycles. The number of H-pyrrole nitrogens is 1. The fourth-order valence-corrected chi connectivity index (χ4v) is 4.83. The average molecular weight is 433 g/mol. The molecule has 1 unspecified atom stereocenters. The number of nitrogens with zero attached hydrogens (tertiary/aromatic N) is 2. The van der Waals surface area contributed by atoms with Gasteiger partial charge in [-0.05, 0) is 18.2 Å². The van der Waals surface area contributed by atoms with Crippen LogP contribution in [0.2, 0.25) is 0 Å². The van der Waals surface area contributed by atoms with Gasteiger partial charge in [0.25, 0.3) is 0 Å². The molecule has 0 saturated carbocycles. The third-order valence-corrected chi connectivity index (χ3v) is 6.28. The number of ether oxygens (including phenoxy) is 2. The van der Waals surface area contributed by atoms with Crippen LogP contribution in [0.4, 0.5) is 11.5 Å². The summed E-state index contributed by atoms with van der Waals surface area (Å²) in [5.41, 5.74) is 17.4. The van der Waals surface area contributed by atoms with Crippen molar-refractivity contribution in [1.29, 1.82) is 5.26 Å². The number of nitrogen functional groups attached to an aromatic ring is 2. The number of methoxy groups -OCH3 is 1. The first-order valence-electron chi connectivity index (χ1n) is 10.5. The van der Waals surface area contributed by atoms with Crippen LogP contribution in [0.25, 0.3) is 21.8 Å². The lowest BCUT2D eigenvalue weighted by molar-refractivity contribution is 0.404. The van der Waals surface area contributed by atoms with E-state index in [1.165, 1.54) is 0 Å². The van der Waals surface area contributed by atoms with Crippen molar-refractivity contribution in [3.8, 4) is 23.4 Å². The molecule has 0 spiro atoms. The predicted molar refractivity (Wildman–Crippen MR) is 128 cm³/mol. The Morgan fingerprint density at radius 1 is 1.00 bits per heavy atom. The molecule has 6 rings (SSSR count). The molecule has 5 N–H and O–H groups in total. The minimum Gasteiger partial charge on any atom is -0.496 e. The number of pyridine rings is 1. The molecule has 2 aromatic heterocycles. The summed E-state index contributed by atoms with van der Waals surface area (Å²) in [6, 6.07) is 22.0. The minimum absolute atomic E-state index is 0.0436. The first-order valence-corrected chi connectivity index (χ1v) is 10.5. The Balaban J connectivity index is 1.75. The summed E-state index contributed by atoms with van der Waals surface area (Å²) in [4.78, 5) is 7.90. The zero-order chi connectivity index (χ0) is 22.7. The van der Waals surface area contributed by atoms with E-state index in [0.717, 1.165) is 32.9 Å². The summed E-state index contributed by atoms with van der Waals surface area (Å²) in [5.74, 6) is 1.37. The van der Waals surface area contributed by atoms with Crippen LogP contribution in [0.15, 0.2) is 60.7 Å². The molecule has 33 heavy (non-hydrogen) atoms. The number of aromatic nitrogens is 2. The lowest BCUT2D eigenvalue weighted by Crippen LogP contribution is -2.18. The lowest BCUT2D eigenvalue weighted by Gasteiger charge is -2.30. The lowest BCUT2D eigenvalue weighted by atomic mass is 9.81. The summed E-state index contributed by atoms with van der Waals surface area (Å²) in [5, 5.41) is 11.7. The van der Waals surface area contributed by atoms with Crippen molar-refractivity contribution in [3.63, 3.8) is 0 Å². The van der Waals surface area contributed by atoms with Crippen molar-refractivity contribution in [1.82, 2.24) is 9.97 Å². The molecule has 0 amide bonds. The molecule has 7 nitrogen and oxygen atoms in total. The van der Waals surface area contributed by atoms with Crippen LogP contribution in [0.1, 0.15) is 28.2 Å². The number of hydrogen-bond donors (Lipinski definition) is 3. The SMILES string of the molecule is COc1ccccc1C1c2ccc3[nH]c4ccccc4c3c2Oc2nc(N)c(C#N)c(N)c21. The highest BCUT2D eigenvalue weighted by Gasteiger charge is 2.36. The van der Waals surface area contributed by atoms with Crippen LogP contribution in [-0.4, -0.2) is 17.1 Å². The van der Waals surface area contributed by atoms with Gasteiger partial charge in [-0.1, -0.05) is 42.5 Å². The van der Waals surface area contributed by atoms with E-state index in [1.54, 1.807) is 7.11 Å². The van der Waals surface area contributed by atoms with Crippen LogP contribution in [-0.2, 0) is 0 Å². The van der Waals surface area contributed by atoms with E-state index < -0.39 is 0 Å². The van der Waals surface area contributed by atoms with Crippen molar-refractivity contribution in [2.45, 2.75) is 5.92 Å². The van der Waals surface area contributed by atoms with Crippen LogP contribution in [0.3, 0.4) is 0 Å². The molecular formula is C26H19N5O2. The third kappa shape index (κ3) is 2.58. The fourth-order valence-electron chi connectivity index (χ4n) is 4.83. The second-order valence-electron chi connectivity index (χ2n) is 7.97. The van der Waals surface area contributed by atoms with E-state index in [2.05, 4.69) is 22.1 Å². The molecular weight excluding hydrogens is 414 g/mol. The van der Waals surface area contributed by atoms with Crippen molar-refractivity contribution in [2.75, 3.05) is 18.6 Å². The quantitative estimate of drug-likeness (QED) is 0.351. The third-order valence-electron chi connectivity index (χ3n) is 6.28. The first-order chi connectivity index (χ1) is 16.1. The van der Waals surface area contributed by atoms with Gasteiger partial charge in [0.15, 0.2) is 0 Å². The van der Waals surface area contributed by atoms with Gasteiger partial charge in [0.1, 0.15) is 28.9 Å². The maximum Gasteiger partial charge on any atom is 0.227 e. The summed E-state index contributed by atoms with van der Waals surface area (Å²) < 4.78 is 12.1. The number of benzene rings is 3. The number of rotatable bonds is 2. The number of fused-ring (bicyclic) bond motifs is 6. The Kier molecular flexibility index (Phi) is 3.98. The van der Waals surface area contributed by atoms with Crippen molar-refractivity contribution in [3.05, 3.63) is 82.9 Å². The molecule has 160 valence electrons. The first kappa shape index (κ1) is 19.0. The average Bonchev–Trinajstić information content (AvgIpc) is 3.22. The monoisotopic (exact) mass is 433 g/mol. The van der Waals surface area contributed by atoms with Gasteiger partial charge >= 0.3 is 0 Å². The van der Waals surface area contributed by atoms with Crippen molar-refractivity contribution in [2.24, 2.45) is 0 Å². The van der Waals surface area contributed by atoms with Gasteiger partial charge in [-0.25, -0.2) is 0 Å². The topological polar surface area (TPSA) is 123 Å². The number of aromatic amines is 1. The molecule has 0 radical (unpaired) electrons. The molecule has 1 aliphatic heterocycles. The van der Waals surface area contributed by atoms with Crippen molar-refractivity contribution < 1.29 is 9.47 Å². The summed E-state index contributed by atoms with van der Waals surface area (Å²) in [6.07, 6.45) is 0. The van der Waals surface area contributed by atoms with Gasteiger partial charge in [0.05, 0.1) is 29.3 Å². The predicted octanol–water partition coefficient (Wildman–Crippen LogP) is 5.05. The molecule has 3 aromatic carbocycles. The minimum atomic E-state index is -0.363. The normalized spacial score (nSPS) is 14.4. The zero-order valence-electron chi connectivity index (χ0n) is 17.7. The molecule has 5 aromatic rings. The number of nitrogens with two attached hydrogens (primary N) is 2. The Morgan fingerprint density at radius 2 is 1.79 bits per heavy atom. The number of para-hydroxylation sites is 2. The zero-order valence-corrected chi connectivity index (χ0v) is 17.7. The molecule has 1 atom stereocenters. The highest BCUT2D eigenvalue weighted by Crippen LogP contribution is 2.54. The van der Waals surface area contributed by atoms with E-state index in [4.69, 9.17) is 20.9 Å². The van der Waals surface area contributed by atoms with Crippen molar-refractivity contribution >= 4 is 33.3 Å². The molecule has 0 aliphatic carbocycles. The standard InChI is InChI=1S/C26H19N5O2/c1-32-19-9-5-3-7-14(19)20-15-10-11-18-21(13-6-2-4-8-17(13)30-18)24(15)33-26-22(20)23(28)16(12-27)25(29)31-26/h2-11,20,30H,1H3,(H4,28,29,31). The number of nitriles is 1. The number of nitrogens with one attached hydrogen (secondary N) is 1. The molecule has 3 heterocycles. The molecule has 0 bridgehead atoms. The molecule has 7 heteroatoms. The van der Waals surface area contributed by atoms with Gasteiger partial charge < -0.3 is 25.9 Å². The number of anilines is 2. The van der Waals surface area contributed by atoms with Crippen LogP contribution >= 0.6 is 0 Å². The largest absolute Gasteiger partial charge is 0.496 e. The van der Waals surface area contributed by atoms with E-state index >= 15 is 0 Å². The van der Waals surface area contributed by atoms with E-state index in [9.17, 15) is 5.26 Å². The Hall–Kier alpha value is -4.70. The van der Waals surface area contributed by atoms with Gasteiger partial charge in [-0.3, -0.25) is 0 Å². The Bertz CT molecular complexity index is 1630. The molecule has 1 aliphatic rings. The second-order valence-corrected chi connectivity index (χ2v) is 7.97. The fraction of sp³-hybridized carbons (Fsp3) is 0.0769. The second kappa shape index (κ2) is 6.90. The highest BCUT2D eigenvalue weighted by atomic mass is 16.5. The maximum atomic E-state index is 9.67. The Labute approximate surface area is 189 Å². The summed E-state index contributed by atoms with van der Waals surface area (Å²) in [6.45, 7) is 0. The van der Waals surface area contributed by atoms with Gasteiger partial charge in [0.2, 0.25) is 5.88 Å².